The lowest BCUT2D eigenvalue weighted by Crippen LogP contribution is -2.23. The molecule has 0 fully saturated rings. The SMILES string of the molecule is CCOC(=O)C(O)CCc1ccc(OCc2ccccc2)cc1. The van der Waals surface area contributed by atoms with Gasteiger partial charge in [-0.25, -0.2) is 4.79 Å². The standard InChI is InChI=1S/C19H22O4/c1-2-22-19(21)18(20)13-10-15-8-11-17(12-9-15)23-14-16-6-4-3-5-7-16/h3-9,11-12,18,20H,2,10,13-14H2,1H3. The summed E-state index contributed by atoms with van der Waals surface area (Å²) in [6, 6.07) is 17.7. The van der Waals surface area contributed by atoms with Crippen LogP contribution in [0.3, 0.4) is 0 Å². The highest BCUT2D eigenvalue weighted by atomic mass is 16.5. The topological polar surface area (TPSA) is 55.8 Å². The maximum absolute atomic E-state index is 11.3. The lowest BCUT2D eigenvalue weighted by atomic mass is 10.1. The summed E-state index contributed by atoms with van der Waals surface area (Å²) in [6.07, 6.45) is -0.105. The van der Waals surface area contributed by atoms with Gasteiger partial charge in [-0.1, -0.05) is 42.5 Å². The van der Waals surface area contributed by atoms with Crippen molar-refractivity contribution in [1.29, 1.82) is 0 Å². The molecule has 0 aromatic heterocycles. The first-order chi connectivity index (χ1) is 11.2. The first kappa shape index (κ1) is 17.0. The van der Waals surface area contributed by atoms with Crippen LogP contribution in [0.1, 0.15) is 24.5 Å². The molecule has 0 aliphatic carbocycles. The Bertz CT molecular complexity index is 593. The summed E-state index contributed by atoms with van der Waals surface area (Å²) in [5.41, 5.74) is 2.16. The summed E-state index contributed by atoms with van der Waals surface area (Å²) in [6.45, 7) is 2.53. The van der Waals surface area contributed by atoms with E-state index in [9.17, 15) is 9.90 Å². The van der Waals surface area contributed by atoms with Crippen LogP contribution in [0, 0.1) is 0 Å². The van der Waals surface area contributed by atoms with E-state index in [1.807, 2.05) is 54.6 Å². The highest BCUT2D eigenvalue weighted by Gasteiger charge is 2.15. The third-order valence-corrected chi connectivity index (χ3v) is 3.44. The van der Waals surface area contributed by atoms with Crippen LogP contribution < -0.4 is 4.74 Å². The van der Waals surface area contributed by atoms with E-state index in [4.69, 9.17) is 9.47 Å². The second kappa shape index (κ2) is 8.96. The maximum atomic E-state index is 11.3. The molecule has 0 aliphatic rings. The van der Waals surface area contributed by atoms with Crippen LogP contribution in [0.2, 0.25) is 0 Å². The highest BCUT2D eigenvalue weighted by Crippen LogP contribution is 2.16. The molecule has 0 saturated heterocycles. The van der Waals surface area contributed by atoms with Crippen LogP contribution in [0.5, 0.6) is 5.75 Å². The Morgan fingerprint density at radius 2 is 1.74 bits per heavy atom. The van der Waals surface area contributed by atoms with Crippen molar-refractivity contribution in [1.82, 2.24) is 0 Å². The lowest BCUT2D eigenvalue weighted by molar-refractivity contribution is -0.153. The van der Waals surface area contributed by atoms with Gasteiger partial charge in [0.25, 0.3) is 0 Å². The summed E-state index contributed by atoms with van der Waals surface area (Å²) in [5.74, 6) is 0.235. The van der Waals surface area contributed by atoms with Gasteiger partial charge in [-0.15, -0.1) is 0 Å². The number of hydrogen-bond acceptors (Lipinski definition) is 4. The van der Waals surface area contributed by atoms with Gasteiger partial charge in [0.1, 0.15) is 12.4 Å². The Balaban J connectivity index is 1.79. The third-order valence-electron chi connectivity index (χ3n) is 3.44. The Hall–Kier alpha value is -2.33. The van der Waals surface area contributed by atoms with Gasteiger partial charge < -0.3 is 14.6 Å². The van der Waals surface area contributed by atoms with Crippen molar-refractivity contribution in [3.05, 3.63) is 65.7 Å². The molecule has 4 nitrogen and oxygen atoms in total. The molecule has 1 atom stereocenters. The van der Waals surface area contributed by atoms with Gasteiger partial charge in [-0.2, -0.15) is 0 Å². The third kappa shape index (κ3) is 5.75. The number of ether oxygens (including phenoxy) is 2. The van der Waals surface area contributed by atoms with Crippen molar-refractivity contribution in [3.63, 3.8) is 0 Å². The number of carbonyl (C=O) groups is 1. The first-order valence-electron chi connectivity index (χ1n) is 7.79. The van der Waals surface area contributed by atoms with Crippen LogP contribution in [0.4, 0.5) is 0 Å². The Morgan fingerprint density at radius 1 is 1.04 bits per heavy atom. The number of aliphatic hydroxyl groups excluding tert-OH is 1. The fraction of sp³-hybridized carbons (Fsp3) is 0.316. The molecule has 0 saturated carbocycles. The average Bonchev–Trinajstić information content (AvgIpc) is 2.60. The molecule has 0 radical (unpaired) electrons. The quantitative estimate of drug-likeness (QED) is 0.761. The zero-order valence-electron chi connectivity index (χ0n) is 13.3. The van der Waals surface area contributed by atoms with E-state index in [1.165, 1.54) is 0 Å². The Morgan fingerprint density at radius 3 is 2.39 bits per heavy atom. The molecule has 2 aromatic rings. The molecule has 0 bridgehead atoms. The van der Waals surface area contributed by atoms with Gasteiger partial charge in [0.2, 0.25) is 0 Å². The van der Waals surface area contributed by atoms with Crippen molar-refractivity contribution in [2.75, 3.05) is 6.61 Å². The molecule has 0 spiro atoms. The van der Waals surface area contributed by atoms with Crippen LogP contribution in [0.25, 0.3) is 0 Å². The zero-order valence-corrected chi connectivity index (χ0v) is 13.3. The average molecular weight is 314 g/mol. The molecule has 23 heavy (non-hydrogen) atoms. The largest absolute Gasteiger partial charge is 0.489 e. The number of esters is 1. The van der Waals surface area contributed by atoms with Crippen LogP contribution in [-0.2, 0) is 22.6 Å². The lowest BCUT2D eigenvalue weighted by Gasteiger charge is -2.10. The molecule has 0 amide bonds. The number of rotatable bonds is 8. The number of hydrogen-bond donors (Lipinski definition) is 1. The fourth-order valence-electron chi connectivity index (χ4n) is 2.15. The second-order valence-corrected chi connectivity index (χ2v) is 5.22. The van der Waals surface area contributed by atoms with E-state index >= 15 is 0 Å². The van der Waals surface area contributed by atoms with Gasteiger partial charge in [0.15, 0.2) is 6.10 Å². The monoisotopic (exact) mass is 314 g/mol. The minimum absolute atomic E-state index is 0.281. The molecule has 2 aromatic carbocycles. The molecule has 4 heteroatoms. The number of carbonyl (C=O) groups excluding carboxylic acids is 1. The van der Waals surface area contributed by atoms with E-state index in [-0.39, 0.29) is 6.61 Å². The van der Waals surface area contributed by atoms with Crippen molar-refractivity contribution in [2.24, 2.45) is 0 Å². The van der Waals surface area contributed by atoms with Crippen molar-refractivity contribution < 1.29 is 19.4 Å². The molecule has 2 rings (SSSR count). The van der Waals surface area contributed by atoms with E-state index in [1.54, 1.807) is 6.92 Å². The minimum atomic E-state index is -1.07. The second-order valence-electron chi connectivity index (χ2n) is 5.22. The summed E-state index contributed by atoms with van der Waals surface area (Å²) in [4.78, 5) is 11.3. The van der Waals surface area contributed by atoms with Crippen molar-refractivity contribution >= 4 is 5.97 Å². The van der Waals surface area contributed by atoms with Crippen LogP contribution >= 0.6 is 0 Å². The predicted octanol–water partition coefficient (Wildman–Crippen LogP) is 3.12. The smallest absolute Gasteiger partial charge is 0.334 e. The first-order valence-corrected chi connectivity index (χ1v) is 7.79. The van der Waals surface area contributed by atoms with E-state index in [2.05, 4.69) is 0 Å². The van der Waals surface area contributed by atoms with Crippen LogP contribution in [-0.4, -0.2) is 23.8 Å². The van der Waals surface area contributed by atoms with Gasteiger partial charge in [0.05, 0.1) is 6.61 Å². The van der Waals surface area contributed by atoms with Crippen molar-refractivity contribution in [3.8, 4) is 5.75 Å². The van der Waals surface area contributed by atoms with E-state index in [0.717, 1.165) is 16.9 Å². The highest BCUT2D eigenvalue weighted by molar-refractivity contribution is 5.74. The molecular weight excluding hydrogens is 292 g/mol. The van der Waals surface area contributed by atoms with Gasteiger partial charge in [-0.05, 0) is 43.0 Å². The maximum Gasteiger partial charge on any atom is 0.334 e. The molecule has 122 valence electrons. The Kier molecular flexibility index (Phi) is 6.63. The summed E-state index contributed by atoms with van der Waals surface area (Å²) in [7, 11) is 0. The van der Waals surface area contributed by atoms with Gasteiger partial charge >= 0.3 is 5.97 Å². The normalized spacial score (nSPS) is 11.7. The number of aryl methyl sites for hydroxylation is 1. The molecule has 1 unspecified atom stereocenters. The molecule has 0 heterocycles. The van der Waals surface area contributed by atoms with E-state index in [0.29, 0.717) is 19.4 Å². The number of benzene rings is 2. The van der Waals surface area contributed by atoms with E-state index < -0.39 is 12.1 Å². The van der Waals surface area contributed by atoms with Crippen LogP contribution in [0.15, 0.2) is 54.6 Å². The fourth-order valence-corrected chi connectivity index (χ4v) is 2.15. The minimum Gasteiger partial charge on any atom is -0.489 e. The van der Waals surface area contributed by atoms with Gasteiger partial charge in [0, 0.05) is 0 Å². The zero-order chi connectivity index (χ0) is 16.5. The van der Waals surface area contributed by atoms with Crippen molar-refractivity contribution in [2.45, 2.75) is 32.5 Å². The van der Waals surface area contributed by atoms with Gasteiger partial charge in [-0.3, -0.25) is 0 Å². The predicted molar refractivity (Wildman–Crippen MR) is 88.2 cm³/mol. The summed E-state index contributed by atoms with van der Waals surface area (Å²) >= 11 is 0. The summed E-state index contributed by atoms with van der Waals surface area (Å²) in [5, 5.41) is 9.68. The number of aliphatic hydroxyl groups is 1. The molecular formula is C19H22O4. The summed E-state index contributed by atoms with van der Waals surface area (Å²) < 4.78 is 10.5. The molecule has 0 aliphatic heterocycles. The Labute approximate surface area is 136 Å². The molecule has 1 N–H and O–H groups in total.